The molecule has 4 rings (SSSR count). The fraction of sp³-hybridized carbons (Fsp3) is 0.304. The number of anilines is 2. The number of rotatable bonds is 5. The third-order valence-electron chi connectivity index (χ3n) is 5.29. The second kappa shape index (κ2) is 8.49. The van der Waals surface area contributed by atoms with Crippen molar-refractivity contribution in [2.24, 2.45) is 0 Å². The monoisotopic (exact) mass is 390 g/mol. The average Bonchev–Trinajstić information content (AvgIpc) is 3.14. The Morgan fingerprint density at radius 1 is 1.00 bits per heavy atom. The van der Waals surface area contributed by atoms with Crippen molar-refractivity contribution in [1.29, 1.82) is 0 Å². The predicted molar refractivity (Wildman–Crippen MR) is 114 cm³/mol. The first-order valence-electron chi connectivity index (χ1n) is 9.95. The van der Waals surface area contributed by atoms with Crippen molar-refractivity contribution in [2.75, 3.05) is 36.4 Å². The molecule has 1 atom stereocenters. The van der Waals surface area contributed by atoms with Crippen molar-refractivity contribution in [3.05, 3.63) is 77.6 Å². The van der Waals surface area contributed by atoms with Gasteiger partial charge in [0.25, 0.3) is 0 Å². The molecule has 29 heavy (non-hydrogen) atoms. The van der Waals surface area contributed by atoms with Crippen LogP contribution in [0.4, 0.5) is 11.5 Å². The molecule has 6 heteroatoms. The van der Waals surface area contributed by atoms with E-state index in [4.69, 9.17) is 4.52 Å². The highest BCUT2D eigenvalue weighted by atomic mass is 16.5. The molecule has 1 fully saturated rings. The Morgan fingerprint density at radius 2 is 1.76 bits per heavy atom. The summed E-state index contributed by atoms with van der Waals surface area (Å²) in [4.78, 5) is 17.8. The van der Waals surface area contributed by atoms with E-state index in [1.54, 1.807) is 6.07 Å². The highest BCUT2D eigenvalue weighted by Gasteiger charge is 2.31. The molecule has 2 aromatic carbocycles. The molecule has 1 amide bonds. The van der Waals surface area contributed by atoms with Crippen LogP contribution in [-0.4, -0.2) is 42.1 Å². The molecule has 1 saturated heterocycles. The summed E-state index contributed by atoms with van der Waals surface area (Å²) in [5.41, 5.74) is 3.48. The molecular formula is C23H26N4O2. The number of carbonyl (C=O) groups excluding carboxylic acids is 1. The normalized spacial score (nSPS) is 15.9. The number of aromatic nitrogens is 1. The van der Waals surface area contributed by atoms with Gasteiger partial charge in [-0.3, -0.25) is 9.69 Å². The van der Waals surface area contributed by atoms with E-state index in [2.05, 4.69) is 51.5 Å². The number of nitrogens with one attached hydrogen (secondary N) is 1. The van der Waals surface area contributed by atoms with Crippen LogP contribution < -0.4 is 10.2 Å². The maximum absolute atomic E-state index is 13.2. The van der Waals surface area contributed by atoms with Crippen LogP contribution in [0.2, 0.25) is 0 Å². The van der Waals surface area contributed by atoms with E-state index in [9.17, 15) is 4.79 Å². The van der Waals surface area contributed by atoms with E-state index in [-0.39, 0.29) is 11.9 Å². The summed E-state index contributed by atoms with van der Waals surface area (Å²) in [6.45, 7) is 7.28. The summed E-state index contributed by atoms with van der Waals surface area (Å²) in [7, 11) is 0. The number of amides is 1. The maximum atomic E-state index is 13.2. The highest BCUT2D eigenvalue weighted by Crippen LogP contribution is 2.26. The summed E-state index contributed by atoms with van der Waals surface area (Å²) >= 11 is 0. The van der Waals surface area contributed by atoms with Crippen LogP contribution in [0, 0.1) is 13.8 Å². The van der Waals surface area contributed by atoms with E-state index >= 15 is 0 Å². The van der Waals surface area contributed by atoms with Gasteiger partial charge in [0, 0.05) is 37.9 Å². The second-order valence-corrected chi connectivity index (χ2v) is 7.49. The lowest BCUT2D eigenvalue weighted by molar-refractivity contribution is -0.121. The Kier molecular flexibility index (Phi) is 5.62. The first kappa shape index (κ1) is 19.2. The quantitative estimate of drug-likeness (QED) is 0.718. The molecule has 1 aliphatic rings. The molecule has 2 heterocycles. The summed E-state index contributed by atoms with van der Waals surface area (Å²) in [6.07, 6.45) is 0. The molecule has 3 aromatic rings. The zero-order valence-electron chi connectivity index (χ0n) is 16.8. The van der Waals surface area contributed by atoms with Crippen LogP contribution in [0.15, 0.2) is 65.2 Å². The van der Waals surface area contributed by atoms with Crippen molar-refractivity contribution in [2.45, 2.75) is 19.9 Å². The third-order valence-corrected chi connectivity index (χ3v) is 5.29. The van der Waals surface area contributed by atoms with Crippen LogP contribution in [0.25, 0.3) is 0 Å². The van der Waals surface area contributed by atoms with Gasteiger partial charge in [-0.1, -0.05) is 47.6 Å². The van der Waals surface area contributed by atoms with Gasteiger partial charge >= 0.3 is 0 Å². The van der Waals surface area contributed by atoms with E-state index in [0.717, 1.165) is 31.7 Å². The molecule has 1 aliphatic heterocycles. The Hall–Kier alpha value is -3.12. The number of hydrogen-bond acceptors (Lipinski definition) is 5. The Balaban J connectivity index is 1.50. The van der Waals surface area contributed by atoms with Gasteiger partial charge in [0.2, 0.25) is 5.91 Å². The number of nitrogens with zero attached hydrogens (tertiary/aromatic N) is 3. The van der Waals surface area contributed by atoms with Crippen molar-refractivity contribution in [1.82, 2.24) is 10.1 Å². The van der Waals surface area contributed by atoms with Gasteiger partial charge in [0.1, 0.15) is 11.8 Å². The molecule has 150 valence electrons. The molecule has 0 spiro atoms. The third kappa shape index (κ3) is 4.49. The van der Waals surface area contributed by atoms with Gasteiger partial charge in [0.05, 0.1) is 0 Å². The standard InChI is InChI=1S/C23H26N4O2/c1-17-7-6-10-20(15-17)26-11-13-27(14-12-26)22(19-8-4-3-5-9-19)23(28)24-21-16-18(2)29-25-21/h3-10,15-16,22H,11-14H2,1-2H3,(H,24,25,28). The van der Waals surface area contributed by atoms with Crippen LogP contribution >= 0.6 is 0 Å². The second-order valence-electron chi connectivity index (χ2n) is 7.49. The Morgan fingerprint density at radius 3 is 2.41 bits per heavy atom. The summed E-state index contributed by atoms with van der Waals surface area (Å²) in [5.74, 6) is 1.03. The van der Waals surface area contributed by atoms with E-state index in [1.165, 1.54) is 11.3 Å². The topological polar surface area (TPSA) is 61.6 Å². The smallest absolute Gasteiger partial charge is 0.247 e. The largest absolute Gasteiger partial charge is 0.369 e. The van der Waals surface area contributed by atoms with Gasteiger partial charge in [-0.2, -0.15) is 0 Å². The number of hydrogen-bond donors (Lipinski definition) is 1. The lowest BCUT2D eigenvalue weighted by Gasteiger charge is -2.39. The fourth-order valence-corrected chi connectivity index (χ4v) is 3.85. The van der Waals surface area contributed by atoms with Crippen molar-refractivity contribution in [3.63, 3.8) is 0 Å². The average molecular weight is 390 g/mol. The molecular weight excluding hydrogens is 364 g/mol. The number of aryl methyl sites for hydroxylation is 2. The van der Waals surface area contributed by atoms with Gasteiger partial charge in [-0.15, -0.1) is 0 Å². The summed E-state index contributed by atoms with van der Waals surface area (Å²) in [6, 6.07) is 19.9. The van der Waals surface area contributed by atoms with Crippen LogP contribution in [0.1, 0.15) is 22.9 Å². The zero-order valence-corrected chi connectivity index (χ0v) is 16.8. The van der Waals surface area contributed by atoms with E-state index in [0.29, 0.717) is 11.6 Å². The molecule has 0 aliphatic carbocycles. The maximum Gasteiger partial charge on any atom is 0.247 e. The first-order chi connectivity index (χ1) is 14.1. The van der Waals surface area contributed by atoms with Crippen LogP contribution in [-0.2, 0) is 4.79 Å². The molecule has 1 aromatic heterocycles. The minimum absolute atomic E-state index is 0.0893. The van der Waals surface area contributed by atoms with Crippen LogP contribution in [0.5, 0.6) is 0 Å². The zero-order chi connectivity index (χ0) is 20.2. The van der Waals surface area contributed by atoms with Crippen molar-refractivity contribution < 1.29 is 9.32 Å². The summed E-state index contributed by atoms with van der Waals surface area (Å²) < 4.78 is 5.08. The predicted octanol–water partition coefficient (Wildman–Crippen LogP) is 3.79. The molecule has 0 saturated carbocycles. The van der Waals surface area contributed by atoms with E-state index < -0.39 is 0 Å². The SMILES string of the molecule is Cc1cccc(N2CCN(C(C(=O)Nc3cc(C)on3)c3ccccc3)CC2)c1. The number of benzene rings is 2. The van der Waals surface area contributed by atoms with E-state index in [1.807, 2.05) is 37.3 Å². The minimum Gasteiger partial charge on any atom is -0.369 e. The van der Waals surface area contributed by atoms with Crippen LogP contribution in [0.3, 0.4) is 0 Å². The molecule has 6 nitrogen and oxygen atoms in total. The Bertz CT molecular complexity index is 962. The molecule has 1 unspecified atom stereocenters. The number of carbonyl (C=O) groups is 1. The fourth-order valence-electron chi connectivity index (χ4n) is 3.85. The molecule has 1 N–H and O–H groups in total. The first-order valence-corrected chi connectivity index (χ1v) is 9.95. The van der Waals surface area contributed by atoms with Gasteiger partial charge < -0.3 is 14.7 Å². The Labute approximate surface area is 171 Å². The molecule has 0 radical (unpaired) electrons. The van der Waals surface area contributed by atoms with Gasteiger partial charge in [-0.05, 0) is 37.1 Å². The summed E-state index contributed by atoms with van der Waals surface area (Å²) in [5, 5.41) is 6.81. The van der Waals surface area contributed by atoms with Crippen molar-refractivity contribution in [3.8, 4) is 0 Å². The van der Waals surface area contributed by atoms with Gasteiger partial charge in [0.15, 0.2) is 5.82 Å². The lowest BCUT2D eigenvalue weighted by Crippen LogP contribution is -2.50. The van der Waals surface area contributed by atoms with Gasteiger partial charge in [-0.25, -0.2) is 0 Å². The molecule has 0 bridgehead atoms. The highest BCUT2D eigenvalue weighted by molar-refractivity contribution is 5.94. The lowest BCUT2D eigenvalue weighted by atomic mass is 10.0. The minimum atomic E-state index is -0.368. The number of piperazine rings is 1. The van der Waals surface area contributed by atoms with Crippen molar-refractivity contribution >= 4 is 17.4 Å².